The van der Waals surface area contributed by atoms with Gasteiger partial charge in [-0.1, -0.05) is 61.0 Å². The van der Waals surface area contributed by atoms with E-state index in [4.69, 9.17) is 4.42 Å². The number of phenolic OH excluding ortho intramolecular Hbond substituents is 1. The number of aromatic amines is 1. The van der Waals surface area contributed by atoms with E-state index in [0.29, 0.717) is 40.8 Å². The van der Waals surface area contributed by atoms with Crippen molar-refractivity contribution in [3.8, 4) is 16.9 Å². The minimum absolute atomic E-state index is 0.0656. The van der Waals surface area contributed by atoms with Gasteiger partial charge in [-0.25, -0.2) is 9.59 Å². The molecule has 6 aromatic rings. The highest BCUT2D eigenvalue weighted by Crippen LogP contribution is 2.30. The maximum Gasteiger partial charge on any atom is 0.419 e. The number of hydrogen-bond donors (Lipinski definition) is 6. The number of nitrogens with one attached hydrogen (secondary N) is 3. The third-order valence-electron chi connectivity index (χ3n) is 8.42. The standard InChI is InChI=1S/C37H36N4O7/c42-31-16-13-27(28-14-17-34(44)40-35(28)31)32(43)22-38-21-24-11-15-30-33(20-24)48-37(47)41(30)18-6-2-3-7-23-10-12-26(25-8-4-1-5-9-25)29(19-23)39-36(45)46/h1,4-5,8-17,19-20,32,38-39,42-43H,2-3,6-7,18,21-22H2,(H,40,44)(H,45,46). The third-order valence-corrected chi connectivity index (χ3v) is 8.42. The molecule has 0 spiro atoms. The molecule has 0 bridgehead atoms. The molecule has 0 saturated heterocycles. The van der Waals surface area contributed by atoms with Gasteiger partial charge in [0.2, 0.25) is 5.56 Å². The molecule has 11 heteroatoms. The van der Waals surface area contributed by atoms with Crippen LogP contribution in [0.4, 0.5) is 10.5 Å². The Bertz CT molecular complexity index is 2190. The highest BCUT2D eigenvalue weighted by atomic mass is 16.4. The summed E-state index contributed by atoms with van der Waals surface area (Å²) in [4.78, 5) is 38.4. The van der Waals surface area contributed by atoms with Gasteiger partial charge in [-0.15, -0.1) is 0 Å². The number of carboxylic acid groups (broad SMARTS) is 1. The van der Waals surface area contributed by atoms with Gasteiger partial charge in [0.05, 0.1) is 22.8 Å². The zero-order chi connectivity index (χ0) is 33.6. The number of oxazole rings is 1. The first-order valence-electron chi connectivity index (χ1n) is 15.8. The lowest BCUT2D eigenvalue weighted by Crippen LogP contribution is -2.21. The van der Waals surface area contributed by atoms with E-state index in [9.17, 15) is 29.7 Å². The van der Waals surface area contributed by atoms with Crippen LogP contribution in [0.15, 0.2) is 105 Å². The first-order chi connectivity index (χ1) is 23.3. The van der Waals surface area contributed by atoms with Crippen LogP contribution in [0.3, 0.4) is 0 Å². The summed E-state index contributed by atoms with van der Waals surface area (Å²) in [5.41, 5.74) is 5.95. The Morgan fingerprint density at radius 3 is 2.52 bits per heavy atom. The van der Waals surface area contributed by atoms with Crippen molar-refractivity contribution in [3.63, 3.8) is 0 Å². The van der Waals surface area contributed by atoms with E-state index in [1.165, 1.54) is 12.1 Å². The Morgan fingerprint density at radius 2 is 1.71 bits per heavy atom. The number of H-pyrrole nitrogens is 1. The number of fused-ring (bicyclic) bond motifs is 2. The van der Waals surface area contributed by atoms with Crippen molar-refractivity contribution in [1.29, 1.82) is 0 Å². The second kappa shape index (κ2) is 14.4. The van der Waals surface area contributed by atoms with Crippen LogP contribution in [-0.4, -0.2) is 37.5 Å². The van der Waals surface area contributed by atoms with Crippen LogP contribution in [-0.2, 0) is 19.5 Å². The fourth-order valence-electron chi connectivity index (χ4n) is 6.06. The average Bonchev–Trinajstić information content (AvgIpc) is 3.39. The number of aromatic hydroxyl groups is 1. The molecule has 246 valence electrons. The summed E-state index contributed by atoms with van der Waals surface area (Å²) in [5, 5.41) is 36.6. The molecular formula is C37H36N4O7. The van der Waals surface area contributed by atoms with Crippen LogP contribution in [0, 0.1) is 0 Å². The van der Waals surface area contributed by atoms with Crippen molar-refractivity contribution in [2.45, 2.75) is 44.9 Å². The van der Waals surface area contributed by atoms with Gasteiger partial charge < -0.3 is 30.0 Å². The molecule has 48 heavy (non-hydrogen) atoms. The second-order valence-electron chi connectivity index (χ2n) is 11.7. The predicted molar refractivity (Wildman–Crippen MR) is 184 cm³/mol. The molecule has 6 N–H and O–H groups in total. The molecule has 0 radical (unpaired) electrons. The monoisotopic (exact) mass is 648 g/mol. The van der Waals surface area contributed by atoms with Gasteiger partial charge in [-0.3, -0.25) is 14.7 Å². The Morgan fingerprint density at radius 1 is 0.896 bits per heavy atom. The largest absolute Gasteiger partial charge is 0.506 e. The Balaban J connectivity index is 1.02. The van der Waals surface area contributed by atoms with Gasteiger partial charge in [-0.2, -0.15) is 0 Å². The normalized spacial score (nSPS) is 12.0. The number of unbranched alkanes of at least 4 members (excludes halogenated alkanes) is 2. The minimum atomic E-state index is -1.11. The number of nitrogens with zero attached hydrogens (tertiary/aromatic N) is 1. The lowest BCUT2D eigenvalue weighted by Gasteiger charge is -2.15. The average molecular weight is 649 g/mol. The highest BCUT2D eigenvalue weighted by Gasteiger charge is 2.15. The minimum Gasteiger partial charge on any atom is -0.506 e. The van der Waals surface area contributed by atoms with Crippen molar-refractivity contribution < 1.29 is 24.5 Å². The third kappa shape index (κ3) is 7.33. The van der Waals surface area contributed by atoms with Crippen LogP contribution >= 0.6 is 0 Å². The molecule has 11 nitrogen and oxygen atoms in total. The van der Waals surface area contributed by atoms with Crippen LogP contribution in [0.5, 0.6) is 5.75 Å². The maximum atomic E-state index is 12.7. The molecule has 2 aromatic heterocycles. The summed E-state index contributed by atoms with van der Waals surface area (Å²) in [6.45, 7) is 1.15. The van der Waals surface area contributed by atoms with Crippen LogP contribution < -0.4 is 21.9 Å². The van der Waals surface area contributed by atoms with Gasteiger partial charge in [-0.05, 0) is 71.8 Å². The molecule has 1 atom stereocenters. The molecule has 0 fully saturated rings. The van der Waals surface area contributed by atoms with Gasteiger partial charge >= 0.3 is 11.8 Å². The van der Waals surface area contributed by atoms with E-state index in [0.717, 1.165) is 47.9 Å². The lowest BCUT2D eigenvalue weighted by molar-refractivity contribution is 0.176. The molecular weight excluding hydrogens is 612 g/mol. The van der Waals surface area contributed by atoms with Crippen molar-refractivity contribution in [1.82, 2.24) is 14.9 Å². The van der Waals surface area contributed by atoms with Crippen molar-refractivity contribution in [2.24, 2.45) is 0 Å². The van der Waals surface area contributed by atoms with Crippen LogP contribution in [0.25, 0.3) is 33.1 Å². The molecule has 0 aliphatic rings. The zero-order valence-electron chi connectivity index (χ0n) is 26.1. The van der Waals surface area contributed by atoms with Gasteiger partial charge in [0.1, 0.15) is 5.75 Å². The quantitative estimate of drug-likeness (QED) is 0.0812. The van der Waals surface area contributed by atoms with E-state index in [-0.39, 0.29) is 23.4 Å². The number of aliphatic hydroxyl groups is 1. The number of benzene rings is 4. The number of amides is 1. The van der Waals surface area contributed by atoms with E-state index in [1.54, 1.807) is 16.7 Å². The van der Waals surface area contributed by atoms with E-state index in [2.05, 4.69) is 15.6 Å². The zero-order valence-corrected chi connectivity index (χ0v) is 26.1. The first kappa shape index (κ1) is 32.3. The Labute approximate surface area is 275 Å². The Kier molecular flexibility index (Phi) is 9.70. The lowest BCUT2D eigenvalue weighted by atomic mass is 9.99. The van der Waals surface area contributed by atoms with Gasteiger partial charge in [0, 0.05) is 36.7 Å². The molecule has 0 saturated carbocycles. The molecule has 4 aromatic carbocycles. The number of aryl methyl sites for hydroxylation is 2. The van der Waals surface area contributed by atoms with E-state index < -0.39 is 18.0 Å². The smallest absolute Gasteiger partial charge is 0.419 e. The number of rotatable bonds is 13. The van der Waals surface area contributed by atoms with Crippen LogP contribution in [0.2, 0.25) is 0 Å². The number of phenols is 1. The number of hydrogen-bond acceptors (Lipinski definition) is 7. The molecule has 1 unspecified atom stereocenters. The molecule has 6 rings (SSSR count). The number of aromatic nitrogens is 2. The van der Waals surface area contributed by atoms with Crippen LogP contribution in [0.1, 0.15) is 42.1 Å². The van der Waals surface area contributed by atoms with E-state index >= 15 is 0 Å². The molecule has 1 amide bonds. The SMILES string of the molecule is O=C(O)Nc1cc(CCCCCn2c(=O)oc3cc(CNCC(O)c4ccc(O)c5[nH]c(=O)ccc45)ccc32)ccc1-c1ccccc1. The summed E-state index contributed by atoms with van der Waals surface area (Å²) in [6, 6.07) is 27.1. The van der Waals surface area contributed by atoms with E-state index in [1.807, 2.05) is 66.7 Å². The molecule has 0 aliphatic carbocycles. The first-order valence-corrected chi connectivity index (χ1v) is 15.8. The van der Waals surface area contributed by atoms with Gasteiger partial charge in [0.15, 0.2) is 5.58 Å². The fourth-order valence-corrected chi connectivity index (χ4v) is 6.06. The molecule has 0 aliphatic heterocycles. The second-order valence-corrected chi connectivity index (χ2v) is 11.7. The topological polar surface area (TPSA) is 170 Å². The van der Waals surface area contributed by atoms with Crippen molar-refractivity contribution in [3.05, 3.63) is 129 Å². The predicted octanol–water partition coefficient (Wildman–Crippen LogP) is 6.13. The van der Waals surface area contributed by atoms with Gasteiger partial charge in [0.25, 0.3) is 0 Å². The Hall–Kier alpha value is -5.65. The number of pyridine rings is 1. The number of aliphatic hydroxyl groups excluding tert-OH is 1. The summed E-state index contributed by atoms with van der Waals surface area (Å²) < 4.78 is 7.19. The highest BCUT2D eigenvalue weighted by molar-refractivity contribution is 5.91. The van der Waals surface area contributed by atoms with Crippen molar-refractivity contribution >= 4 is 33.8 Å². The summed E-state index contributed by atoms with van der Waals surface area (Å²) in [6.07, 6.45) is 1.30. The fraction of sp³-hybridized carbons (Fsp3) is 0.216. The van der Waals surface area contributed by atoms with Crippen molar-refractivity contribution in [2.75, 3.05) is 11.9 Å². The number of carbonyl (C=O) groups is 1. The molecule has 2 heterocycles. The maximum absolute atomic E-state index is 12.7. The summed E-state index contributed by atoms with van der Waals surface area (Å²) >= 11 is 0. The summed E-state index contributed by atoms with van der Waals surface area (Å²) in [7, 11) is 0. The number of anilines is 1. The summed E-state index contributed by atoms with van der Waals surface area (Å²) in [5.74, 6) is -0.479.